The largest absolute Gasteiger partial charge is 0.541 e. The SMILES string of the molecule is Cc1cccc(N=Cc2ncncn2)c1O[Si](C)C. The van der Waals surface area contributed by atoms with Gasteiger partial charge in [0.25, 0.3) is 9.04 Å². The zero-order valence-electron chi connectivity index (χ0n) is 11.2. The van der Waals surface area contributed by atoms with Crippen LogP contribution in [0.4, 0.5) is 5.69 Å². The predicted molar refractivity (Wildman–Crippen MR) is 76.4 cm³/mol. The highest BCUT2D eigenvalue weighted by Crippen LogP contribution is 2.31. The Bertz CT molecular complexity index is 572. The first kappa shape index (κ1) is 13.4. The topological polar surface area (TPSA) is 60.3 Å². The fraction of sp³-hybridized carbons (Fsp3) is 0.231. The molecule has 0 amide bonds. The maximum atomic E-state index is 5.90. The molecule has 0 aliphatic rings. The summed E-state index contributed by atoms with van der Waals surface area (Å²) in [5, 5.41) is 0. The molecular weight excluding hydrogens is 256 g/mol. The van der Waals surface area contributed by atoms with Crippen molar-refractivity contribution in [3.63, 3.8) is 0 Å². The fourth-order valence-electron chi connectivity index (χ4n) is 1.52. The number of para-hydroxylation sites is 1. The summed E-state index contributed by atoms with van der Waals surface area (Å²) < 4.78 is 5.90. The number of aliphatic imine (C=N–C) groups is 1. The highest BCUT2D eigenvalue weighted by Gasteiger charge is 2.08. The highest BCUT2D eigenvalue weighted by molar-refractivity contribution is 6.49. The van der Waals surface area contributed by atoms with Crippen LogP contribution < -0.4 is 4.43 Å². The molecule has 0 saturated heterocycles. The van der Waals surface area contributed by atoms with Gasteiger partial charge in [-0.25, -0.2) is 19.9 Å². The highest BCUT2D eigenvalue weighted by atomic mass is 28.3. The summed E-state index contributed by atoms with van der Waals surface area (Å²) in [6.07, 6.45) is 4.50. The molecule has 6 heteroatoms. The molecule has 2 rings (SSSR count). The second-order valence-electron chi connectivity index (χ2n) is 4.19. The maximum absolute atomic E-state index is 5.90. The molecule has 1 heterocycles. The first-order valence-corrected chi connectivity index (χ1v) is 8.31. The van der Waals surface area contributed by atoms with Gasteiger partial charge in [0.05, 0.1) is 6.21 Å². The van der Waals surface area contributed by atoms with Crippen molar-refractivity contribution in [2.75, 3.05) is 0 Å². The number of hydrogen-bond acceptors (Lipinski definition) is 5. The van der Waals surface area contributed by atoms with Crippen LogP contribution in [0.2, 0.25) is 13.1 Å². The van der Waals surface area contributed by atoms with Crippen LogP contribution in [-0.2, 0) is 0 Å². The lowest BCUT2D eigenvalue weighted by molar-refractivity contribution is 0.577. The van der Waals surface area contributed by atoms with Gasteiger partial charge in [0.15, 0.2) is 5.82 Å². The number of aromatic nitrogens is 3. The van der Waals surface area contributed by atoms with Gasteiger partial charge in [-0.05, 0) is 31.6 Å². The van der Waals surface area contributed by atoms with Crippen LogP contribution in [0.3, 0.4) is 0 Å². The lowest BCUT2D eigenvalue weighted by atomic mass is 10.2. The van der Waals surface area contributed by atoms with Gasteiger partial charge in [0.2, 0.25) is 0 Å². The number of rotatable bonds is 4. The van der Waals surface area contributed by atoms with Gasteiger partial charge in [-0.1, -0.05) is 12.1 Å². The summed E-state index contributed by atoms with van der Waals surface area (Å²) in [5.74, 6) is 1.37. The van der Waals surface area contributed by atoms with Crippen molar-refractivity contribution in [1.82, 2.24) is 15.0 Å². The molecule has 0 unspecified atom stereocenters. The van der Waals surface area contributed by atoms with E-state index in [-0.39, 0.29) is 0 Å². The van der Waals surface area contributed by atoms with Crippen molar-refractivity contribution in [2.45, 2.75) is 20.0 Å². The smallest absolute Gasteiger partial charge is 0.274 e. The molecule has 0 saturated carbocycles. The third kappa shape index (κ3) is 3.69. The van der Waals surface area contributed by atoms with Gasteiger partial charge >= 0.3 is 0 Å². The summed E-state index contributed by atoms with van der Waals surface area (Å²) in [7, 11) is -0.828. The second kappa shape index (κ2) is 6.19. The third-order valence-electron chi connectivity index (χ3n) is 2.33. The zero-order chi connectivity index (χ0) is 13.7. The van der Waals surface area contributed by atoms with Crippen molar-refractivity contribution in [2.24, 2.45) is 4.99 Å². The van der Waals surface area contributed by atoms with E-state index >= 15 is 0 Å². The van der Waals surface area contributed by atoms with Crippen LogP contribution in [0.1, 0.15) is 11.4 Å². The van der Waals surface area contributed by atoms with Gasteiger partial charge < -0.3 is 4.43 Å². The van der Waals surface area contributed by atoms with Crippen LogP contribution in [0, 0.1) is 6.92 Å². The molecule has 2 aromatic rings. The summed E-state index contributed by atoms with van der Waals surface area (Å²) >= 11 is 0. The standard InChI is InChI=1S/C13H15N4OSi/c1-10-5-4-6-11(13(10)18-19(2)3)15-7-12-16-8-14-9-17-12/h4-9H,1-3H3. The van der Waals surface area contributed by atoms with Crippen LogP contribution in [-0.4, -0.2) is 30.2 Å². The van der Waals surface area contributed by atoms with E-state index in [1.807, 2.05) is 25.1 Å². The van der Waals surface area contributed by atoms with Gasteiger partial charge in [0.1, 0.15) is 24.1 Å². The van der Waals surface area contributed by atoms with Crippen LogP contribution in [0.15, 0.2) is 35.8 Å². The second-order valence-corrected chi connectivity index (χ2v) is 6.21. The summed E-state index contributed by atoms with van der Waals surface area (Å²) in [4.78, 5) is 16.2. The van der Waals surface area contributed by atoms with E-state index in [1.165, 1.54) is 12.7 Å². The quantitative estimate of drug-likeness (QED) is 0.633. The molecule has 97 valence electrons. The maximum Gasteiger partial charge on any atom is 0.274 e. The third-order valence-corrected chi connectivity index (χ3v) is 2.94. The molecule has 19 heavy (non-hydrogen) atoms. The average Bonchev–Trinajstić information content (AvgIpc) is 2.40. The van der Waals surface area contributed by atoms with Gasteiger partial charge in [-0.15, -0.1) is 0 Å². The van der Waals surface area contributed by atoms with Crippen LogP contribution >= 0.6 is 0 Å². The van der Waals surface area contributed by atoms with E-state index < -0.39 is 9.04 Å². The molecular formula is C13H15N4OSi. The van der Waals surface area contributed by atoms with Gasteiger partial charge in [0, 0.05) is 0 Å². The molecule has 0 spiro atoms. The Morgan fingerprint density at radius 1 is 1.21 bits per heavy atom. The Balaban J connectivity index is 2.29. The van der Waals surface area contributed by atoms with Crippen molar-refractivity contribution in [3.05, 3.63) is 42.2 Å². The molecule has 1 aromatic heterocycles. The Kier molecular flexibility index (Phi) is 4.35. The van der Waals surface area contributed by atoms with E-state index in [2.05, 4.69) is 33.0 Å². The Morgan fingerprint density at radius 2 is 1.95 bits per heavy atom. The number of aryl methyl sites for hydroxylation is 1. The lowest BCUT2D eigenvalue weighted by Crippen LogP contribution is -2.12. The minimum absolute atomic E-state index is 0.529. The number of benzene rings is 1. The molecule has 1 radical (unpaired) electrons. The van der Waals surface area contributed by atoms with Crippen LogP contribution in [0.5, 0.6) is 5.75 Å². The molecule has 1 aromatic carbocycles. The summed E-state index contributed by atoms with van der Waals surface area (Å²) in [5.41, 5.74) is 1.88. The van der Waals surface area contributed by atoms with E-state index in [0.717, 1.165) is 17.0 Å². The number of nitrogens with zero attached hydrogens (tertiary/aromatic N) is 4. The first-order chi connectivity index (χ1) is 9.16. The Hall–Kier alpha value is -2.08. The Labute approximate surface area is 114 Å². The Morgan fingerprint density at radius 3 is 2.63 bits per heavy atom. The van der Waals surface area contributed by atoms with Crippen molar-refractivity contribution in [1.29, 1.82) is 0 Å². The lowest BCUT2D eigenvalue weighted by Gasteiger charge is -2.13. The van der Waals surface area contributed by atoms with E-state index in [0.29, 0.717) is 5.82 Å². The molecule has 0 N–H and O–H groups in total. The normalized spacial score (nSPS) is 11.2. The van der Waals surface area contributed by atoms with Crippen molar-refractivity contribution >= 4 is 20.9 Å². The summed E-state index contributed by atoms with van der Waals surface area (Å²) in [6.45, 7) is 6.20. The molecule has 0 fully saturated rings. The van der Waals surface area contributed by atoms with Crippen LogP contribution in [0.25, 0.3) is 0 Å². The fourth-order valence-corrected chi connectivity index (χ4v) is 2.19. The van der Waals surface area contributed by atoms with E-state index in [1.54, 1.807) is 6.21 Å². The molecule has 0 aliphatic carbocycles. The van der Waals surface area contributed by atoms with Gasteiger partial charge in [-0.2, -0.15) is 0 Å². The predicted octanol–water partition coefficient (Wildman–Crippen LogP) is 2.56. The molecule has 5 nitrogen and oxygen atoms in total. The summed E-state index contributed by atoms with van der Waals surface area (Å²) in [6, 6.07) is 5.90. The van der Waals surface area contributed by atoms with E-state index in [4.69, 9.17) is 4.43 Å². The minimum atomic E-state index is -0.828. The average molecular weight is 271 g/mol. The zero-order valence-corrected chi connectivity index (χ0v) is 12.2. The first-order valence-electron chi connectivity index (χ1n) is 5.90. The molecule has 0 bridgehead atoms. The van der Waals surface area contributed by atoms with Crippen molar-refractivity contribution in [3.8, 4) is 5.75 Å². The number of hydrogen-bond donors (Lipinski definition) is 0. The minimum Gasteiger partial charge on any atom is -0.541 e. The monoisotopic (exact) mass is 271 g/mol. The van der Waals surface area contributed by atoms with Crippen molar-refractivity contribution < 1.29 is 4.43 Å². The van der Waals surface area contributed by atoms with E-state index in [9.17, 15) is 0 Å². The molecule has 0 atom stereocenters. The van der Waals surface area contributed by atoms with Gasteiger partial charge in [-0.3, -0.25) is 0 Å². The molecule has 0 aliphatic heterocycles.